The maximum absolute atomic E-state index is 6.37. The smallest absolute Gasteiger partial charge is 0.0749 e. The Balaban J connectivity index is 2.46. The van der Waals surface area contributed by atoms with Crippen LogP contribution in [0.5, 0.6) is 0 Å². The summed E-state index contributed by atoms with van der Waals surface area (Å²) in [6, 6.07) is 5.46. The standard InChI is InChI=1S/C13H14Br2ClN3/c1-2-6-19-13(10(15)7-18-19)12(17)8-4-3-5-9(14)11(8)16/h3-5,7,12H,2,6,17H2,1H3. The van der Waals surface area contributed by atoms with E-state index in [0.29, 0.717) is 5.02 Å². The molecule has 0 aliphatic carbocycles. The lowest BCUT2D eigenvalue weighted by Crippen LogP contribution is -2.18. The van der Waals surface area contributed by atoms with E-state index in [1.807, 2.05) is 22.9 Å². The summed E-state index contributed by atoms with van der Waals surface area (Å²) in [6.45, 7) is 2.94. The highest BCUT2D eigenvalue weighted by atomic mass is 79.9. The van der Waals surface area contributed by atoms with Gasteiger partial charge in [-0.2, -0.15) is 5.10 Å². The van der Waals surface area contributed by atoms with Gasteiger partial charge in [0.2, 0.25) is 0 Å². The van der Waals surface area contributed by atoms with Gasteiger partial charge < -0.3 is 5.73 Å². The second kappa shape index (κ2) is 6.39. The van der Waals surface area contributed by atoms with Crippen LogP contribution in [0, 0.1) is 0 Å². The lowest BCUT2D eigenvalue weighted by Gasteiger charge is -2.17. The van der Waals surface area contributed by atoms with E-state index in [1.54, 1.807) is 6.20 Å². The first-order valence-corrected chi connectivity index (χ1v) is 7.93. The van der Waals surface area contributed by atoms with Crippen molar-refractivity contribution in [2.75, 3.05) is 0 Å². The molecule has 1 atom stereocenters. The summed E-state index contributed by atoms with van der Waals surface area (Å²) in [7, 11) is 0. The van der Waals surface area contributed by atoms with Crippen molar-refractivity contribution in [1.29, 1.82) is 0 Å². The minimum atomic E-state index is -0.312. The van der Waals surface area contributed by atoms with E-state index < -0.39 is 0 Å². The van der Waals surface area contributed by atoms with E-state index in [9.17, 15) is 0 Å². The van der Waals surface area contributed by atoms with Crippen LogP contribution in [0.3, 0.4) is 0 Å². The third-order valence-corrected chi connectivity index (χ3v) is 4.80. The summed E-state index contributed by atoms with van der Waals surface area (Å²) in [5.74, 6) is 0. The highest BCUT2D eigenvalue weighted by Gasteiger charge is 2.20. The first kappa shape index (κ1) is 15.0. The number of nitrogens with zero attached hydrogens (tertiary/aromatic N) is 2. The molecule has 1 aromatic carbocycles. The molecular formula is C13H14Br2ClN3. The summed E-state index contributed by atoms with van der Waals surface area (Å²) in [6.07, 6.45) is 2.77. The van der Waals surface area contributed by atoms with Crippen LogP contribution < -0.4 is 5.73 Å². The van der Waals surface area contributed by atoms with Gasteiger partial charge >= 0.3 is 0 Å². The Morgan fingerprint density at radius 1 is 1.37 bits per heavy atom. The third kappa shape index (κ3) is 3.05. The predicted molar refractivity (Wildman–Crippen MR) is 85.4 cm³/mol. The molecule has 0 aliphatic rings. The molecular weight excluding hydrogens is 393 g/mol. The monoisotopic (exact) mass is 405 g/mol. The fourth-order valence-electron chi connectivity index (χ4n) is 1.98. The summed E-state index contributed by atoms with van der Waals surface area (Å²) in [5.41, 5.74) is 8.20. The largest absolute Gasteiger partial charge is 0.319 e. The quantitative estimate of drug-likeness (QED) is 0.810. The number of rotatable bonds is 4. The van der Waals surface area contributed by atoms with Gasteiger partial charge in [0.05, 0.1) is 27.4 Å². The van der Waals surface area contributed by atoms with Crippen molar-refractivity contribution in [2.24, 2.45) is 5.73 Å². The van der Waals surface area contributed by atoms with Crippen molar-refractivity contribution >= 4 is 43.5 Å². The second-order valence-electron chi connectivity index (χ2n) is 4.22. The predicted octanol–water partition coefficient (Wildman–Crippen LogP) is 4.52. The fourth-order valence-corrected chi connectivity index (χ4v) is 3.15. The van der Waals surface area contributed by atoms with Crippen LogP contribution in [0.2, 0.25) is 5.02 Å². The van der Waals surface area contributed by atoms with Crippen LogP contribution in [0.15, 0.2) is 33.3 Å². The van der Waals surface area contributed by atoms with Gasteiger partial charge in [-0.15, -0.1) is 0 Å². The summed E-state index contributed by atoms with van der Waals surface area (Å²) in [5, 5.41) is 4.98. The van der Waals surface area contributed by atoms with Gasteiger partial charge in [0, 0.05) is 11.0 Å². The molecule has 2 aromatic rings. The normalized spacial score (nSPS) is 12.7. The lowest BCUT2D eigenvalue weighted by molar-refractivity contribution is 0.559. The van der Waals surface area contributed by atoms with Crippen LogP contribution in [-0.4, -0.2) is 9.78 Å². The maximum Gasteiger partial charge on any atom is 0.0749 e. The van der Waals surface area contributed by atoms with Gasteiger partial charge in [-0.3, -0.25) is 4.68 Å². The second-order valence-corrected chi connectivity index (χ2v) is 6.31. The Labute approximate surface area is 134 Å². The molecule has 0 saturated heterocycles. The molecule has 0 radical (unpaired) electrons. The van der Waals surface area contributed by atoms with Crippen molar-refractivity contribution in [3.63, 3.8) is 0 Å². The average Bonchev–Trinajstić information content (AvgIpc) is 2.74. The summed E-state index contributed by atoms with van der Waals surface area (Å²) < 4.78 is 3.68. The molecule has 0 aliphatic heterocycles. The van der Waals surface area contributed by atoms with Crippen molar-refractivity contribution in [1.82, 2.24) is 9.78 Å². The highest BCUT2D eigenvalue weighted by Crippen LogP contribution is 2.34. The van der Waals surface area contributed by atoms with Crippen molar-refractivity contribution in [2.45, 2.75) is 25.9 Å². The fraction of sp³-hybridized carbons (Fsp3) is 0.308. The minimum absolute atomic E-state index is 0.312. The molecule has 1 unspecified atom stereocenters. The SMILES string of the molecule is CCCn1ncc(Br)c1C(N)c1cccc(Br)c1Cl. The molecule has 2 N–H and O–H groups in total. The Morgan fingerprint density at radius 2 is 2.11 bits per heavy atom. The van der Waals surface area contributed by atoms with Gasteiger partial charge in [-0.05, 0) is 49.9 Å². The number of halogens is 3. The molecule has 0 spiro atoms. The Hall–Kier alpha value is -0.360. The van der Waals surface area contributed by atoms with E-state index in [0.717, 1.165) is 33.2 Å². The Morgan fingerprint density at radius 3 is 2.79 bits per heavy atom. The average molecular weight is 408 g/mol. The molecule has 0 bridgehead atoms. The molecule has 1 heterocycles. The van der Waals surface area contributed by atoms with Gasteiger partial charge in [0.15, 0.2) is 0 Å². The molecule has 1 aromatic heterocycles. The first-order valence-electron chi connectivity index (χ1n) is 5.97. The van der Waals surface area contributed by atoms with Crippen LogP contribution in [0.1, 0.15) is 30.6 Å². The van der Waals surface area contributed by atoms with Gasteiger partial charge in [0.1, 0.15) is 0 Å². The number of hydrogen-bond acceptors (Lipinski definition) is 2. The summed E-state index contributed by atoms with van der Waals surface area (Å²) >= 11 is 13.2. The van der Waals surface area contributed by atoms with E-state index >= 15 is 0 Å². The van der Waals surface area contributed by atoms with E-state index in [1.165, 1.54) is 0 Å². The van der Waals surface area contributed by atoms with Crippen LogP contribution >= 0.6 is 43.5 Å². The van der Waals surface area contributed by atoms with Gasteiger partial charge in [-0.25, -0.2) is 0 Å². The Kier molecular flexibility index (Phi) is 5.06. The van der Waals surface area contributed by atoms with Gasteiger partial charge in [-0.1, -0.05) is 30.7 Å². The number of hydrogen-bond donors (Lipinski definition) is 1. The molecule has 0 amide bonds. The van der Waals surface area contributed by atoms with E-state index in [4.69, 9.17) is 17.3 Å². The molecule has 102 valence electrons. The first-order chi connectivity index (χ1) is 9.06. The highest BCUT2D eigenvalue weighted by molar-refractivity contribution is 9.10. The Bertz CT molecular complexity index is 583. The molecule has 6 heteroatoms. The lowest BCUT2D eigenvalue weighted by atomic mass is 10.0. The van der Waals surface area contributed by atoms with Crippen LogP contribution in [0.25, 0.3) is 0 Å². The maximum atomic E-state index is 6.37. The zero-order valence-corrected chi connectivity index (χ0v) is 14.3. The molecule has 2 rings (SSSR count). The number of aryl methyl sites for hydroxylation is 1. The topological polar surface area (TPSA) is 43.8 Å². The molecule has 19 heavy (non-hydrogen) atoms. The van der Waals surface area contributed by atoms with E-state index in [-0.39, 0.29) is 6.04 Å². The molecule has 3 nitrogen and oxygen atoms in total. The third-order valence-electron chi connectivity index (χ3n) is 2.88. The van der Waals surface area contributed by atoms with Crippen LogP contribution in [-0.2, 0) is 6.54 Å². The number of aromatic nitrogens is 2. The number of nitrogens with two attached hydrogens (primary N) is 1. The van der Waals surface area contributed by atoms with Crippen molar-refractivity contribution in [3.8, 4) is 0 Å². The zero-order chi connectivity index (χ0) is 14.0. The van der Waals surface area contributed by atoms with Crippen LogP contribution in [0.4, 0.5) is 0 Å². The molecule has 0 fully saturated rings. The molecule has 0 saturated carbocycles. The van der Waals surface area contributed by atoms with Gasteiger partial charge in [0.25, 0.3) is 0 Å². The van der Waals surface area contributed by atoms with Crippen molar-refractivity contribution < 1.29 is 0 Å². The van der Waals surface area contributed by atoms with E-state index in [2.05, 4.69) is 43.9 Å². The van der Waals surface area contributed by atoms with Crippen molar-refractivity contribution in [3.05, 3.63) is 49.6 Å². The minimum Gasteiger partial charge on any atom is -0.319 e. The number of benzene rings is 1. The zero-order valence-electron chi connectivity index (χ0n) is 10.4. The summed E-state index contributed by atoms with van der Waals surface area (Å²) in [4.78, 5) is 0.